The van der Waals surface area contributed by atoms with Crippen molar-refractivity contribution in [3.63, 3.8) is 0 Å². The highest BCUT2D eigenvalue weighted by Crippen LogP contribution is 2.35. The van der Waals surface area contributed by atoms with Crippen LogP contribution < -0.4 is 9.47 Å². The zero-order valence-corrected chi connectivity index (χ0v) is 12.0. The zero-order valence-electron chi connectivity index (χ0n) is 12.0. The molecular weight excluding hydrogens is 284 g/mol. The smallest absolute Gasteiger partial charge is 0.257 e. The summed E-state index contributed by atoms with van der Waals surface area (Å²) >= 11 is 0. The Bertz CT molecular complexity index is 680. The van der Waals surface area contributed by atoms with E-state index >= 15 is 0 Å². The summed E-state index contributed by atoms with van der Waals surface area (Å²) in [5, 5.41) is 7.74. The number of fused-ring (bicyclic) bond motifs is 1. The van der Waals surface area contributed by atoms with Gasteiger partial charge in [-0.3, -0.25) is 9.48 Å². The van der Waals surface area contributed by atoms with Crippen molar-refractivity contribution in [2.75, 3.05) is 26.3 Å². The van der Waals surface area contributed by atoms with Crippen molar-refractivity contribution in [2.24, 2.45) is 5.92 Å². The highest BCUT2D eigenvalue weighted by molar-refractivity contribution is 5.98. The first-order valence-corrected chi connectivity index (χ1v) is 7.33. The monoisotopic (exact) mass is 300 g/mol. The molecule has 4 rings (SSSR count). The van der Waals surface area contributed by atoms with E-state index in [1.807, 2.05) is 23.2 Å². The molecule has 0 unspecified atom stereocenters. The molecule has 1 fully saturated rings. The van der Waals surface area contributed by atoms with E-state index < -0.39 is 0 Å². The van der Waals surface area contributed by atoms with Gasteiger partial charge in [0.2, 0.25) is 0 Å². The minimum Gasteiger partial charge on any atom is -0.486 e. The van der Waals surface area contributed by atoms with Crippen LogP contribution in [0.1, 0.15) is 10.4 Å². The van der Waals surface area contributed by atoms with Crippen LogP contribution in [0.5, 0.6) is 11.5 Å². The van der Waals surface area contributed by atoms with Crippen LogP contribution in [0.4, 0.5) is 0 Å². The molecule has 7 nitrogen and oxygen atoms in total. The summed E-state index contributed by atoms with van der Waals surface area (Å²) in [7, 11) is 0. The van der Waals surface area contributed by atoms with Gasteiger partial charge in [0.25, 0.3) is 5.91 Å². The van der Waals surface area contributed by atoms with E-state index in [-0.39, 0.29) is 5.91 Å². The molecule has 2 aromatic rings. The summed E-state index contributed by atoms with van der Waals surface area (Å²) in [6.07, 6.45) is 3.50. The second kappa shape index (κ2) is 5.32. The summed E-state index contributed by atoms with van der Waals surface area (Å²) in [6.45, 7) is 3.24. The molecule has 114 valence electrons. The fraction of sp³-hybridized carbons (Fsp3) is 0.400. The number of benzene rings is 1. The van der Waals surface area contributed by atoms with Crippen molar-refractivity contribution in [2.45, 2.75) is 6.54 Å². The second-order valence-corrected chi connectivity index (χ2v) is 5.53. The van der Waals surface area contributed by atoms with Crippen LogP contribution in [-0.2, 0) is 6.54 Å². The predicted octanol–water partition coefficient (Wildman–Crippen LogP) is 0.821. The third kappa shape index (κ3) is 2.28. The van der Waals surface area contributed by atoms with Crippen molar-refractivity contribution in [1.29, 1.82) is 0 Å². The molecule has 22 heavy (non-hydrogen) atoms. The molecule has 2 aliphatic rings. The number of likely N-dealkylation sites (tertiary alicyclic amines) is 1. The van der Waals surface area contributed by atoms with Gasteiger partial charge in [-0.15, -0.1) is 5.10 Å². The third-order valence-electron chi connectivity index (χ3n) is 3.96. The maximum absolute atomic E-state index is 12.6. The Hall–Kier alpha value is -2.57. The van der Waals surface area contributed by atoms with Crippen molar-refractivity contribution < 1.29 is 14.3 Å². The fourth-order valence-corrected chi connectivity index (χ4v) is 2.86. The maximum Gasteiger partial charge on any atom is 0.257 e. The Kier molecular flexibility index (Phi) is 3.17. The SMILES string of the molecule is O=C(c1cccc2c1OCCO2)N1CC(Cn2ccnn2)C1. The van der Waals surface area contributed by atoms with Crippen molar-refractivity contribution >= 4 is 5.91 Å². The topological polar surface area (TPSA) is 69.5 Å². The summed E-state index contributed by atoms with van der Waals surface area (Å²) in [5.74, 6) is 1.63. The summed E-state index contributed by atoms with van der Waals surface area (Å²) in [5.41, 5.74) is 0.580. The van der Waals surface area contributed by atoms with Gasteiger partial charge in [-0.2, -0.15) is 0 Å². The van der Waals surface area contributed by atoms with Crippen LogP contribution in [0.15, 0.2) is 30.6 Å². The molecule has 2 aliphatic heterocycles. The highest BCUT2D eigenvalue weighted by atomic mass is 16.6. The number of ether oxygens (including phenoxy) is 2. The van der Waals surface area contributed by atoms with Gasteiger partial charge in [-0.25, -0.2) is 0 Å². The van der Waals surface area contributed by atoms with E-state index in [1.165, 1.54) is 0 Å². The minimum atomic E-state index is -0.00260. The summed E-state index contributed by atoms with van der Waals surface area (Å²) in [6, 6.07) is 5.45. The highest BCUT2D eigenvalue weighted by Gasteiger charge is 2.33. The average molecular weight is 300 g/mol. The first kappa shape index (κ1) is 13.1. The van der Waals surface area contributed by atoms with Crippen LogP contribution in [0.25, 0.3) is 0 Å². The standard InChI is InChI=1S/C15H16N4O3/c20-15(12-2-1-3-13-14(12)22-7-6-21-13)18-8-11(9-18)10-19-5-4-16-17-19/h1-5,11H,6-10H2. The normalized spacial score (nSPS) is 17.2. The second-order valence-electron chi connectivity index (χ2n) is 5.53. The van der Waals surface area contributed by atoms with Crippen LogP contribution in [-0.4, -0.2) is 52.1 Å². The maximum atomic E-state index is 12.6. The van der Waals surface area contributed by atoms with E-state index in [0.29, 0.717) is 36.2 Å². The number of hydrogen-bond donors (Lipinski definition) is 0. The fourth-order valence-electron chi connectivity index (χ4n) is 2.86. The number of aromatic nitrogens is 3. The molecule has 0 aliphatic carbocycles. The molecule has 0 atom stereocenters. The number of carbonyl (C=O) groups excluding carboxylic acids is 1. The molecule has 1 aromatic heterocycles. The van der Waals surface area contributed by atoms with E-state index in [0.717, 1.165) is 19.6 Å². The number of rotatable bonds is 3. The molecule has 1 amide bonds. The molecule has 0 N–H and O–H groups in total. The van der Waals surface area contributed by atoms with Crippen molar-refractivity contribution in [1.82, 2.24) is 19.9 Å². The third-order valence-corrected chi connectivity index (χ3v) is 3.96. The molecule has 0 bridgehead atoms. The van der Waals surface area contributed by atoms with Gasteiger partial charge in [0.1, 0.15) is 13.2 Å². The van der Waals surface area contributed by atoms with Gasteiger partial charge in [-0.05, 0) is 12.1 Å². The summed E-state index contributed by atoms with van der Waals surface area (Å²) in [4.78, 5) is 14.4. The lowest BCUT2D eigenvalue weighted by atomic mass is 9.98. The van der Waals surface area contributed by atoms with Gasteiger partial charge in [0, 0.05) is 31.7 Å². The van der Waals surface area contributed by atoms with Crippen molar-refractivity contribution in [3.8, 4) is 11.5 Å². The Balaban J connectivity index is 1.43. The Morgan fingerprint density at radius 3 is 2.95 bits per heavy atom. The lowest BCUT2D eigenvalue weighted by molar-refractivity contribution is 0.0452. The minimum absolute atomic E-state index is 0.00260. The van der Waals surface area contributed by atoms with Crippen LogP contribution in [0.2, 0.25) is 0 Å². The Morgan fingerprint density at radius 1 is 1.27 bits per heavy atom. The van der Waals surface area contributed by atoms with Crippen LogP contribution in [0.3, 0.4) is 0 Å². The molecule has 1 saturated heterocycles. The Labute approximate surface area is 127 Å². The largest absolute Gasteiger partial charge is 0.486 e. The quantitative estimate of drug-likeness (QED) is 0.839. The lowest BCUT2D eigenvalue weighted by Crippen LogP contribution is -2.51. The van der Waals surface area contributed by atoms with E-state index in [1.54, 1.807) is 16.9 Å². The van der Waals surface area contributed by atoms with Gasteiger partial charge in [0.05, 0.1) is 11.8 Å². The number of nitrogens with zero attached hydrogens (tertiary/aromatic N) is 4. The number of carbonyl (C=O) groups is 1. The average Bonchev–Trinajstić information content (AvgIpc) is 3.02. The van der Waals surface area contributed by atoms with Gasteiger partial charge < -0.3 is 14.4 Å². The predicted molar refractivity (Wildman–Crippen MR) is 76.8 cm³/mol. The molecule has 0 spiro atoms. The van der Waals surface area contributed by atoms with Crippen LogP contribution >= 0.6 is 0 Å². The number of amides is 1. The van der Waals surface area contributed by atoms with Gasteiger partial charge >= 0.3 is 0 Å². The van der Waals surface area contributed by atoms with Crippen molar-refractivity contribution in [3.05, 3.63) is 36.2 Å². The first-order valence-electron chi connectivity index (χ1n) is 7.33. The molecule has 0 saturated carbocycles. The van der Waals surface area contributed by atoms with Gasteiger partial charge in [-0.1, -0.05) is 11.3 Å². The van der Waals surface area contributed by atoms with E-state index in [2.05, 4.69) is 10.3 Å². The van der Waals surface area contributed by atoms with Gasteiger partial charge in [0.15, 0.2) is 11.5 Å². The lowest BCUT2D eigenvalue weighted by Gasteiger charge is -2.39. The molecular formula is C15H16N4O3. The molecule has 0 radical (unpaired) electrons. The molecule has 7 heteroatoms. The first-order chi connectivity index (χ1) is 10.8. The van der Waals surface area contributed by atoms with E-state index in [9.17, 15) is 4.79 Å². The van der Waals surface area contributed by atoms with E-state index in [4.69, 9.17) is 9.47 Å². The zero-order chi connectivity index (χ0) is 14.9. The molecule has 3 heterocycles. The number of para-hydroxylation sites is 1. The number of hydrogen-bond acceptors (Lipinski definition) is 5. The van der Waals surface area contributed by atoms with Crippen LogP contribution in [0, 0.1) is 5.92 Å². The summed E-state index contributed by atoms with van der Waals surface area (Å²) < 4.78 is 12.9. The Morgan fingerprint density at radius 2 is 2.14 bits per heavy atom. The molecule has 1 aromatic carbocycles.